The minimum Gasteiger partial charge on any atom is -0.277 e. The summed E-state index contributed by atoms with van der Waals surface area (Å²) in [7, 11) is 0. The van der Waals surface area contributed by atoms with Crippen molar-refractivity contribution >= 4 is 24.1 Å². The molecule has 0 saturated carbocycles. The minimum atomic E-state index is -0.475. The number of halogens is 1. The van der Waals surface area contributed by atoms with Crippen molar-refractivity contribution in [2.24, 2.45) is 0 Å². The quantitative estimate of drug-likeness (QED) is 0.366. The molecule has 0 aliphatic rings. The fourth-order valence-corrected chi connectivity index (χ4v) is 0.0742. The van der Waals surface area contributed by atoms with Gasteiger partial charge in [-0.25, -0.2) is 0 Å². The van der Waals surface area contributed by atoms with Gasteiger partial charge in [0.05, 0.1) is 0 Å². The number of hydrogen-bond acceptors (Lipinski definition) is 2. The topological polar surface area (TPSA) is 37.4 Å². The highest BCUT2D eigenvalue weighted by Gasteiger charge is 1.98. The molecule has 0 rings (SSSR count). The van der Waals surface area contributed by atoms with Crippen LogP contribution in [-0.4, -0.2) is 16.7 Å². The smallest absolute Gasteiger partial charge is 0.240 e. The van der Waals surface area contributed by atoms with E-state index in [4.69, 9.17) is 11.8 Å². The van der Waals surface area contributed by atoms with Gasteiger partial charge in [-0.1, -0.05) is 0 Å². The Hall–Kier alpha value is -0.570. The normalized spacial score (nSPS) is 7.71. The molecule has 0 saturated heterocycles. The summed E-state index contributed by atoms with van der Waals surface area (Å²) in [6.07, 6.45) is 0.240. The van der Waals surface area contributed by atoms with E-state index < -0.39 is 5.91 Å². The van der Waals surface area contributed by atoms with Crippen LogP contribution in [0.5, 0.6) is 0 Å². The Bertz CT molecular complexity index is 92.9. The largest absolute Gasteiger partial charge is 0.277 e. The van der Waals surface area contributed by atoms with Crippen molar-refractivity contribution in [3.8, 4) is 0 Å². The molecule has 4 heteroatoms. The number of carbonyl (C=O) groups excluding carboxylic acids is 2. The maximum absolute atomic E-state index is 9.94. The molecule has 0 radical (unpaired) electrons. The van der Waals surface area contributed by atoms with E-state index >= 15 is 0 Å². The summed E-state index contributed by atoms with van der Waals surface area (Å²) in [4.78, 5) is 19.5. The van der Waals surface area contributed by atoms with Crippen molar-refractivity contribution in [2.75, 3.05) is 0 Å². The summed E-state index contributed by atoms with van der Waals surface area (Å²) in [5, 5.41) is 0. The molecule has 0 aromatic rings. The molecule has 40 valence electrons. The second kappa shape index (κ2) is 2.58. The van der Waals surface area contributed by atoms with Gasteiger partial charge in [-0.3, -0.25) is 9.59 Å². The van der Waals surface area contributed by atoms with E-state index in [9.17, 15) is 9.59 Å². The first-order valence-corrected chi connectivity index (χ1v) is 1.93. The van der Waals surface area contributed by atoms with Gasteiger partial charge >= 0.3 is 0 Å². The molecule has 0 heterocycles. The molecular formula is C3H4ClNO2. The Morgan fingerprint density at radius 1 is 1.86 bits per heavy atom. The van der Waals surface area contributed by atoms with Crippen LogP contribution >= 0.6 is 11.8 Å². The molecule has 0 bridgehead atoms. The lowest BCUT2D eigenvalue weighted by atomic mass is 10.7. The fraction of sp³-hybridized carbons (Fsp3) is 0.333. The van der Waals surface area contributed by atoms with E-state index in [1.807, 2.05) is 0 Å². The molecular weight excluding hydrogens is 117 g/mol. The molecule has 0 aromatic heterocycles. The average molecular weight is 122 g/mol. The van der Waals surface area contributed by atoms with Crippen molar-refractivity contribution in [1.29, 1.82) is 0 Å². The maximum atomic E-state index is 9.94. The second-order valence-corrected chi connectivity index (χ2v) is 1.30. The predicted molar refractivity (Wildman–Crippen MR) is 24.4 cm³/mol. The number of imide groups is 1. The zero-order valence-electron chi connectivity index (χ0n) is 3.72. The molecule has 0 N–H and O–H groups in total. The summed E-state index contributed by atoms with van der Waals surface area (Å²) in [5.41, 5.74) is 0. The maximum Gasteiger partial charge on any atom is 0.240 e. The van der Waals surface area contributed by atoms with Crippen LogP contribution < -0.4 is 0 Å². The highest BCUT2D eigenvalue weighted by atomic mass is 35.5. The monoisotopic (exact) mass is 121 g/mol. The van der Waals surface area contributed by atoms with Crippen molar-refractivity contribution < 1.29 is 9.59 Å². The standard InChI is InChI=1S/C3H4ClNO2/c1-3(7)5(4)2-6/h2H,1H3. The predicted octanol–water partition coefficient (Wildman–Crippen LogP) is 0.145. The molecule has 0 atom stereocenters. The SMILES string of the molecule is CC(=O)N(Cl)C=O. The average Bonchev–Trinajstić information content (AvgIpc) is 1.65. The molecule has 0 aliphatic carbocycles. The van der Waals surface area contributed by atoms with Crippen LogP contribution in [0.15, 0.2) is 0 Å². The molecule has 2 amide bonds. The van der Waals surface area contributed by atoms with Gasteiger partial charge in [0.25, 0.3) is 0 Å². The third-order valence-electron chi connectivity index (χ3n) is 0.393. The van der Waals surface area contributed by atoms with Crippen LogP contribution in [0.1, 0.15) is 6.92 Å². The van der Waals surface area contributed by atoms with E-state index in [2.05, 4.69) is 0 Å². The van der Waals surface area contributed by atoms with Crippen LogP contribution in [0.25, 0.3) is 0 Å². The van der Waals surface area contributed by atoms with Gasteiger partial charge in [0.1, 0.15) is 0 Å². The molecule has 0 unspecified atom stereocenters. The second-order valence-electron chi connectivity index (χ2n) is 0.936. The van der Waals surface area contributed by atoms with E-state index in [-0.39, 0.29) is 6.41 Å². The van der Waals surface area contributed by atoms with Crippen molar-refractivity contribution in [1.82, 2.24) is 4.42 Å². The van der Waals surface area contributed by atoms with Crippen LogP contribution in [-0.2, 0) is 9.59 Å². The molecule has 0 spiro atoms. The van der Waals surface area contributed by atoms with Crippen LogP contribution in [0.4, 0.5) is 0 Å². The molecule has 0 fully saturated rings. The first-order valence-electron chi connectivity index (χ1n) is 1.59. The zero-order valence-corrected chi connectivity index (χ0v) is 4.47. The lowest BCUT2D eigenvalue weighted by molar-refractivity contribution is -0.130. The fourth-order valence-electron chi connectivity index (χ4n) is 0.0742. The van der Waals surface area contributed by atoms with Crippen molar-refractivity contribution in [2.45, 2.75) is 6.92 Å². The highest BCUT2D eigenvalue weighted by molar-refractivity contribution is 6.26. The molecule has 0 aromatic carbocycles. The van der Waals surface area contributed by atoms with E-state index in [0.717, 1.165) is 0 Å². The van der Waals surface area contributed by atoms with Gasteiger partial charge in [0.15, 0.2) is 0 Å². The van der Waals surface area contributed by atoms with Crippen LogP contribution in [0.3, 0.4) is 0 Å². The highest BCUT2D eigenvalue weighted by Crippen LogP contribution is 1.85. The van der Waals surface area contributed by atoms with Gasteiger partial charge < -0.3 is 0 Å². The Balaban J connectivity index is 3.55. The summed E-state index contributed by atoms with van der Waals surface area (Å²) in [6.45, 7) is 1.20. The van der Waals surface area contributed by atoms with Gasteiger partial charge in [-0.2, -0.15) is 4.42 Å². The lowest BCUT2D eigenvalue weighted by Gasteiger charge is -1.95. The summed E-state index contributed by atoms with van der Waals surface area (Å²) >= 11 is 4.92. The lowest BCUT2D eigenvalue weighted by Crippen LogP contribution is -2.14. The Morgan fingerprint density at radius 2 is 2.29 bits per heavy atom. The van der Waals surface area contributed by atoms with Crippen LogP contribution in [0.2, 0.25) is 0 Å². The van der Waals surface area contributed by atoms with Gasteiger partial charge in [-0.15, -0.1) is 0 Å². The van der Waals surface area contributed by atoms with E-state index in [1.165, 1.54) is 6.92 Å². The molecule has 0 aliphatic heterocycles. The number of rotatable bonds is 1. The summed E-state index contributed by atoms with van der Waals surface area (Å²) < 4.78 is 0.444. The Kier molecular flexibility index (Phi) is 2.37. The van der Waals surface area contributed by atoms with Crippen molar-refractivity contribution in [3.63, 3.8) is 0 Å². The van der Waals surface area contributed by atoms with Gasteiger partial charge in [-0.05, 0) is 0 Å². The van der Waals surface area contributed by atoms with Gasteiger partial charge in [0, 0.05) is 18.7 Å². The third kappa shape index (κ3) is 2.17. The van der Waals surface area contributed by atoms with Gasteiger partial charge in [0.2, 0.25) is 12.3 Å². The third-order valence-corrected chi connectivity index (χ3v) is 0.711. The minimum absolute atomic E-state index is 0.240. The Morgan fingerprint density at radius 3 is 2.29 bits per heavy atom. The first kappa shape index (κ1) is 6.43. The number of amides is 2. The molecule has 3 nitrogen and oxygen atoms in total. The summed E-state index contributed by atoms with van der Waals surface area (Å²) in [5.74, 6) is -0.475. The first-order chi connectivity index (χ1) is 3.18. The van der Waals surface area contributed by atoms with Crippen molar-refractivity contribution in [3.05, 3.63) is 0 Å². The Labute approximate surface area is 46.0 Å². The zero-order chi connectivity index (χ0) is 5.86. The summed E-state index contributed by atoms with van der Waals surface area (Å²) in [6, 6.07) is 0. The van der Waals surface area contributed by atoms with E-state index in [0.29, 0.717) is 4.42 Å². The number of carbonyl (C=O) groups is 2. The number of nitrogens with zero attached hydrogens (tertiary/aromatic N) is 1. The van der Waals surface area contributed by atoms with Crippen LogP contribution in [0, 0.1) is 0 Å². The molecule has 7 heavy (non-hydrogen) atoms. The number of hydrogen-bond donors (Lipinski definition) is 0. The van der Waals surface area contributed by atoms with E-state index in [1.54, 1.807) is 0 Å².